The number of rotatable bonds is 3. The van der Waals surface area contributed by atoms with Crippen molar-refractivity contribution in [2.45, 2.75) is 11.3 Å². The molecule has 1 aromatic rings. The van der Waals surface area contributed by atoms with E-state index >= 15 is 0 Å². The predicted molar refractivity (Wildman–Crippen MR) is 48.7 cm³/mol. The van der Waals surface area contributed by atoms with Gasteiger partial charge in [-0.3, -0.25) is 4.79 Å². The molecule has 0 spiro atoms. The summed E-state index contributed by atoms with van der Waals surface area (Å²) >= 11 is 1.06. The minimum Gasteiger partial charge on any atom is -0.481 e. The van der Waals surface area contributed by atoms with Crippen LogP contribution >= 0.6 is 22.0 Å². The van der Waals surface area contributed by atoms with Crippen LogP contribution in [-0.2, 0) is 20.3 Å². The van der Waals surface area contributed by atoms with Crippen LogP contribution in [0.15, 0.2) is 16.3 Å². The SMILES string of the molecule is O=C(O)Cc1sccc1S(=O)(=O)Cl. The Kier molecular flexibility index (Phi) is 2.94. The lowest BCUT2D eigenvalue weighted by Gasteiger charge is -1.95. The molecule has 0 fully saturated rings. The number of carboxylic acid groups (broad SMARTS) is 1. The van der Waals surface area contributed by atoms with E-state index in [0.29, 0.717) is 0 Å². The number of hydrogen-bond donors (Lipinski definition) is 1. The lowest BCUT2D eigenvalue weighted by molar-refractivity contribution is -0.136. The zero-order chi connectivity index (χ0) is 10.1. The van der Waals surface area contributed by atoms with Crippen LogP contribution in [-0.4, -0.2) is 19.5 Å². The Labute approximate surface area is 83.2 Å². The van der Waals surface area contributed by atoms with Crippen molar-refractivity contribution in [2.75, 3.05) is 0 Å². The molecule has 0 aromatic carbocycles. The van der Waals surface area contributed by atoms with Gasteiger partial charge in [0, 0.05) is 15.6 Å². The van der Waals surface area contributed by atoms with Crippen LogP contribution in [0.5, 0.6) is 0 Å². The van der Waals surface area contributed by atoms with Crippen molar-refractivity contribution in [3.63, 3.8) is 0 Å². The highest BCUT2D eigenvalue weighted by Crippen LogP contribution is 2.25. The molecule has 0 amide bonds. The minimum atomic E-state index is -3.82. The fraction of sp³-hybridized carbons (Fsp3) is 0.167. The van der Waals surface area contributed by atoms with Gasteiger partial charge in [-0.1, -0.05) is 0 Å². The zero-order valence-electron chi connectivity index (χ0n) is 6.23. The van der Waals surface area contributed by atoms with E-state index in [1.807, 2.05) is 0 Å². The Bertz CT molecular complexity index is 420. The molecule has 1 heterocycles. The highest BCUT2D eigenvalue weighted by molar-refractivity contribution is 8.13. The normalized spacial score (nSPS) is 11.5. The van der Waals surface area contributed by atoms with Crippen LogP contribution in [0.1, 0.15) is 4.88 Å². The third kappa shape index (κ3) is 2.68. The maximum Gasteiger partial charge on any atom is 0.308 e. The topological polar surface area (TPSA) is 71.4 Å². The average Bonchev–Trinajstić information content (AvgIpc) is 2.31. The quantitative estimate of drug-likeness (QED) is 0.809. The Balaban J connectivity index is 3.11. The summed E-state index contributed by atoms with van der Waals surface area (Å²) in [4.78, 5) is 10.5. The van der Waals surface area contributed by atoms with E-state index in [1.165, 1.54) is 11.4 Å². The van der Waals surface area contributed by atoms with Crippen molar-refractivity contribution in [3.8, 4) is 0 Å². The molecule has 0 saturated heterocycles. The number of hydrogen-bond acceptors (Lipinski definition) is 4. The Hall–Kier alpha value is -0.590. The van der Waals surface area contributed by atoms with Crippen molar-refractivity contribution in [3.05, 3.63) is 16.3 Å². The largest absolute Gasteiger partial charge is 0.481 e. The monoisotopic (exact) mass is 240 g/mol. The highest BCUT2D eigenvalue weighted by atomic mass is 35.7. The summed E-state index contributed by atoms with van der Waals surface area (Å²) in [5, 5.41) is 9.94. The van der Waals surface area contributed by atoms with Crippen LogP contribution in [0.25, 0.3) is 0 Å². The maximum absolute atomic E-state index is 10.9. The molecule has 1 aromatic heterocycles. The summed E-state index contributed by atoms with van der Waals surface area (Å²) in [5.41, 5.74) is 0. The smallest absolute Gasteiger partial charge is 0.308 e. The molecule has 0 aliphatic carbocycles. The molecular weight excluding hydrogens is 236 g/mol. The molecule has 0 aliphatic rings. The number of halogens is 1. The lowest BCUT2D eigenvalue weighted by atomic mass is 10.3. The first-order valence-corrected chi connectivity index (χ1v) is 6.33. The number of carboxylic acids is 1. The summed E-state index contributed by atoms with van der Waals surface area (Å²) < 4.78 is 21.8. The van der Waals surface area contributed by atoms with E-state index in [0.717, 1.165) is 11.3 Å². The first-order chi connectivity index (χ1) is 5.91. The lowest BCUT2D eigenvalue weighted by Crippen LogP contribution is -2.01. The Morgan fingerprint density at radius 3 is 2.69 bits per heavy atom. The first-order valence-electron chi connectivity index (χ1n) is 3.14. The first kappa shape index (κ1) is 10.5. The van der Waals surface area contributed by atoms with E-state index in [1.54, 1.807) is 0 Å². The van der Waals surface area contributed by atoms with Gasteiger partial charge >= 0.3 is 5.97 Å². The van der Waals surface area contributed by atoms with E-state index < -0.39 is 15.0 Å². The molecule has 4 nitrogen and oxygen atoms in total. The van der Waals surface area contributed by atoms with E-state index in [2.05, 4.69) is 0 Å². The standard InChI is InChI=1S/C6H5ClO4S2/c7-13(10,11)5-1-2-12-4(5)3-6(8)9/h1-2H,3H2,(H,8,9). The maximum atomic E-state index is 10.9. The Morgan fingerprint density at radius 1 is 1.62 bits per heavy atom. The van der Waals surface area contributed by atoms with Crippen LogP contribution in [0.2, 0.25) is 0 Å². The number of aliphatic carboxylic acids is 1. The third-order valence-electron chi connectivity index (χ3n) is 1.28. The van der Waals surface area contributed by atoms with Crippen molar-refractivity contribution < 1.29 is 18.3 Å². The molecule has 72 valence electrons. The fourth-order valence-electron chi connectivity index (χ4n) is 0.812. The van der Waals surface area contributed by atoms with E-state index in [9.17, 15) is 13.2 Å². The van der Waals surface area contributed by atoms with Crippen molar-refractivity contribution in [1.82, 2.24) is 0 Å². The van der Waals surface area contributed by atoms with Crippen molar-refractivity contribution >= 4 is 37.0 Å². The van der Waals surface area contributed by atoms with Gasteiger partial charge < -0.3 is 5.11 Å². The van der Waals surface area contributed by atoms with Gasteiger partial charge in [0.1, 0.15) is 0 Å². The molecular formula is C6H5ClO4S2. The highest BCUT2D eigenvalue weighted by Gasteiger charge is 2.18. The molecule has 0 atom stereocenters. The second-order valence-corrected chi connectivity index (χ2v) is 5.75. The van der Waals surface area contributed by atoms with Gasteiger partial charge in [-0.05, 0) is 11.4 Å². The van der Waals surface area contributed by atoms with Crippen LogP contribution in [0.4, 0.5) is 0 Å². The number of carbonyl (C=O) groups is 1. The summed E-state index contributed by atoms with van der Waals surface area (Å²) in [6, 6.07) is 1.30. The van der Waals surface area contributed by atoms with E-state index in [4.69, 9.17) is 15.8 Å². The fourth-order valence-corrected chi connectivity index (χ4v) is 3.28. The van der Waals surface area contributed by atoms with Gasteiger partial charge in [-0.15, -0.1) is 11.3 Å². The Morgan fingerprint density at radius 2 is 2.23 bits per heavy atom. The second-order valence-electron chi connectivity index (χ2n) is 2.22. The predicted octanol–water partition coefficient (Wildman–Crippen LogP) is 1.30. The van der Waals surface area contributed by atoms with Gasteiger partial charge in [-0.2, -0.15) is 0 Å². The summed E-state index contributed by atoms with van der Waals surface area (Å²) in [6.45, 7) is 0. The van der Waals surface area contributed by atoms with Gasteiger partial charge in [0.25, 0.3) is 9.05 Å². The molecule has 0 radical (unpaired) electrons. The zero-order valence-corrected chi connectivity index (χ0v) is 8.62. The summed E-state index contributed by atoms with van der Waals surface area (Å²) in [5.74, 6) is -1.08. The molecule has 0 unspecified atom stereocenters. The van der Waals surface area contributed by atoms with Crippen molar-refractivity contribution in [1.29, 1.82) is 0 Å². The summed E-state index contributed by atoms with van der Waals surface area (Å²) in [7, 11) is 1.26. The van der Waals surface area contributed by atoms with Crippen LogP contribution < -0.4 is 0 Å². The van der Waals surface area contributed by atoms with Gasteiger partial charge in [0.2, 0.25) is 0 Å². The van der Waals surface area contributed by atoms with E-state index in [-0.39, 0.29) is 16.2 Å². The van der Waals surface area contributed by atoms with Gasteiger partial charge in [0.15, 0.2) is 0 Å². The van der Waals surface area contributed by atoms with Gasteiger partial charge in [-0.25, -0.2) is 8.42 Å². The third-order valence-corrected chi connectivity index (χ3v) is 3.74. The molecule has 0 aliphatic heterocycles. The molecule has 1 rings (SSSR count). The number of thiophene rings is 1. The minimum absolute atomic E-state index is 0.110. The van der Waals surface area contributed by atoms with Crippen molar-refractivity contribution in [2.24, 2.45) is 0 Å². The van der Waals surface area contributed by atoms with Crippen LogP contribution in [0.3, 0.4) is 0 Å². The van der Waals surface area contributed by atoms with Crippen LogP contribution in [0, 0.1) is 0 Å². The molecule has 0 bridgehead atoms. The molecule has 0 saturated carbocycles. The average molecular weight is 241 g/mol. The van der Waals surface area contributed by atoms with Gasteiger partial charge in [0.05, 0.1) is 11.3 Å². The molecule has 7 heteroatoms. The molecule has 13 heavy (non-hydrogen) atoms. The summed E-state index contributed by atoms with van der Waals surface area (Å²) in [6.07, 6.45) is -0.320. The molecule has 1 N–H and O–H groups in total. The second kappa shape index (κ2) is 3.65.